The van der Waals surface area contributed by atoms with Crippen molar-refractivity contribution >= 4 is 0 Å². The Labute approximate surface area is 109 Å². The zero-order chi connectivity index (χ0) is 13.1. The fourth-order valence-corrected chi connectivity index (χ4v) is 1.59. The molecule has 1 atom stereocenters. The number of rotatable bonds is 6. The van der Waals surface area contributed by atoms with Crippen LogP contribution in [0.4, 0.5) is 0 Å². The van der Waals surface area contributed by atoms with Crippen LogP contribution in [0, 0.1) is 12.8 Å². The quantitative estimate of drug-likeness (QED) is 0.841. The molecule has 1 heterocycles. The van der Waals surface area contributed by atoms with Gasteiger partial charge in [-0.05, 0) is 38.7 Å². The van der Waals surface area contributed by atoms with Crippen LogP contribution < -0.4 is 10.1 Å². The number of nitrogens with zero attached hydrogens (tertiary/aromatic N) is 2. The van der Waals surface area contributed by atoms with Crippen LogP contribution in [0.2, 0.25) is 0 Å². The summed E-state index contributed by atoms with van der Waals surface area (Å²) < 4.78 is 5.77. The monoisotopic (exact) mass is 249 g/mol. The molecule has 1 unspecified atom stereocenters. The van der Waals surface area contributed by atoms with Gasteiger partial charge in [0.05, 0.1) is 5.69 Å². The molecule has 100 valence electrons. The third-order valence-corrected chi connectivity index (χ3v) is 3.27. The lowest BCUT2D eigenvalue weighted by molar-refractivity contribution is 0.155. The summed E-state index contributed by atoms with van der Waals surface area (Å²) in [6.45, 7) is 9.11. The molecule has 0 saturated heterocycles. The predicted molar refractivity (Wildman–Crippen MR) is 71.6 cm³/mol. The smallest absolute Gasteiger partial charge is 0.317 e. The Morgan fingerprint density at radius 3 is 2.67 bits per heavy atom. The van der Waals surface area contributed by atoms with Gasteiger partial charge < -0.3 is 10.1 Å². The van der Waals surface area contributed by atoms with Crippen LogP contribution >= 0.6 is 0 Å². The Hall–Kier alpha value is -1.16. The predicted octanol–water partition coefficient (Wildman–Crippen LogP) is 2.46. The highest BCUT2D eigenvalue weighted by molar-refractivity contribution is 5.13. The first-order valence-electron chi connectivity index (χ1n) is 6.79. The zero-order valence-corrected chi connectivity index (χ0v) is 11.7. The Kier molecular flexibility index (Phi) is 4.17. The topological polar surface area (TPSA) is 47.0 Å². The summed E-state index contributed by atoms with van der Waals surface area (Å²) >= 11 is 0. The van der Waals surface area contributed by atoms with Crippen molar-refractivity contribution in [2.45, 2.75) is 59.2 Å². The van der Waals surface area contributed by atoms with Crippen LogP contribution in [0.25, 0.3) is 0 Å². The van der Waals surface area contributed by atoms with Crippen LogP contribution in [-0.2, 0) is 6.54 Å². The molecular formula is C14H23N3O. The number of nitrogens with one attached hydrogen (secondary N) is 1. The second kappa shape index (κ2) is 5.65. The first kappa shape index (κ1) is 13.3. The highest BCUT2D eigenvalue weighted by Gasteiger charge is 2.20. The molecule has 1 aliphatic carbocycles. The van der Waals surface area contributed by atoms with Gasteiger partial charge in [0.1, 0.15) is 6.10 Å². The van der Waals surface area contributed by atoms with Crippen molar-refractivity contribution in [2.75, 3.05) is 0 Å². The molecule has 0 amide bonds. The van der Waals surface area contributed by atoms with E-state index >= 15 is 0 Å². The SMILES string of the molecule is Cc1cc(CNC2CC2)nc(OC(C)C(C)C)n1. The van der Waals surface area contributed by atoms with E-state index in [1.54, 1.807) is 0 Å². The third-order valence-electron chi connectivity index (χ3n) is 3.27. The maximum atomic E-state index is 5.77. The standard InChI is InChI=1S/C14H23N3O/c1-9(2)11(4)18-14-16-10(3)7-13(17-14)8-15-12-5-6-12/h7,9,11-12,15H,5-6,8H2,1-4H3. The molecule has 1 aliphatic rings. The molecule has 1 fully saturated rings. The van der Waals surface area contributed by atoms with E-state index in [4.69, 9.17) is 4.74 Å². The lowest BCUT2D eigenvalue weighted by Gasteiger charge is -2.17. The number of aromatic nitrogens is 2. The summed E-state index contributed by atoms with van der Waals surface area (Å²) in [4.78, 5) is 8.80. The second-order valence-electron chi connectivity index (χ2n) is 5.51. The molecule has 0 spiro atoms. The highest BCUT2D eigenvalue weighted by atomic mass is 16.5. The van der Waals surface area contributed by atoms with Crippen molar-refractivity contribution in [3.8, 4) is 6.01 Å². The zero-order valence-electron chi connectivity index (χ0n) is 11.7. The largest absolute Gasteiger partial charge is 0.460 e. The third kappa shape index (κ3) is 3.95. The fourth-order valence-electron chi connectivity index (χ4n) is 1.59. The van der Waals surface area contributed by atoms with Crippen molar-refractivity contribution in [1.82, 2.24) is 15.3 Å². The minimum Gasteiger partial charge on any atom is -0.460 e. The Balaban J connectivity index is 2.00. The Morgan fingerprint density at radius 2 is 2.06 bits per heavy atom. The number of aryl methyl sites for hydroxylation is 1. The van der Waals surface area contributed by atoms with Gasteiger partial charge in [0.2, 0.25) is 0 Å². The van der Waals surface area contributed by atoms with Crippen molar-refractivity contribution < 1.29 is 4.74 Å². The van der Waals surface area contributed by atoms with Gasteiger partial charge in [-0.25, -0.2) is 4.98 Å². The van der Waals surface area contributed by atoms with Gasteiger partial charge in [-0.2, -0.15) is 4.98 Å². The molecule has 1 aromatic rings. The van der Waals surface area contributed by atoms with Crippen molar-refractivity contribution in [3.05, 3.63) is 17.5 Å². The van der Waals surface area contributed by atoms with Gasteiger partial charge in [-0.15, -0.1) is 0 Å². The van der Waals surface area contributed by atoms with Crippen molar-refractivity contribution in [3.63, 3.8) is 0 Å². The average molecular weight is 249 g/mol. The summed E-state index contributed by atoms with van der Waals surface area (Å²) in [5, 5.41) is 3.46. The molecule has 1 saturated carbocycles. The van der Waals surface area contributed by atoms with E-state index < -0.39 is 0 Å². The van der Waals surface area contributed by atoms with E-state index in [1.165, 1.54) is 12.8 Å². The van der Waals surface area contributed by atoms with E-state index in [0.717, 1.165) is 17.9 Å². The van der Waals surface area contributed by atoms with Crippen LogP contribution in [-0.4, -0.2) is 22.1 Å². The average Bonchev–Trinajstić information content (AvgIpc) is 3.09. The Bertz CT molecular complexity index is 402. The lowest BCUT2D eigenvalue weighted by atomic mass is 10.1. The molecule has 1 N–H and O–H groups in total. The Morgan fingerprint density at radius 1 is 1.33 bits per heavy atom. The van der Waals surface area contributed by atoms with Gasteiger partial charge in [0.25, 0.3) is 0 Å². The summed E-state index contributed by atoms with van der Waals surface area (Å²) in [5.74, 6) is 0.460. The van der Waals surface area contributed by atoms with Gasteiger partial charge in [-0.1, -0.05) is 13.8 Å². The fraction of sp³-hybridized carbons (Fsp3) is 0.714. The molecule has 4 nitrogen and oxygen atoms in total. The van der Waals surface area contributed by atoms with Crippen LogP contribution in [0.5, 0.6) is 6.01 Å². The highest BCUT2D eigenvalue weighted by Crippen LogP contribution is 2.19. The first-order chi connectivity index (χ1) is 8.54. The van der Waals surface area contributed by atoms with Crippen molar-refractivity contribution in [2.24, 2.45) is 5.92 Å². The minimum atomic E-state index is 0.135. The number of ether oxygens (including phenoxy) is 1. The van der Waals surface area contributed by atoms with E-state index in [9.17, 15) is 0 Å². The van der Waals surface area contributed by atoms with Gasteiger partial charge in [0, 0.05) is 18.3 Å². The van der Waals surface area contributed by atoms with Crippen LogP contribution in [0.1, 0.15) is 45.0 Å². The molecule has 0 aliphatic heterocycles. The van der Waals surface area contributed by atoms with Crippen LogP contribution in [0.3, 0.4) is 0 Å². The maximum absolute atomic E-state index is 5.77. The lowest BCUT2D eigenvalue weighted by Crippen LogP contribution is -2.21. The number of hydrogen-bond donors (Lipinski definition) is 1. The normalized spacial score (nSPS) is 16.9. The van der Waals surface area contributed by atoms with Crippen LogP contribution in [0.15, 0.2) is 6.07 Å². The molecule has 1 aromatic heterocycles. The molecule has 0 aromatic carbocycles. The van der Waals surface area contributed by atoms with Gasteiger partial charge in [0.15, 0.2) is 0 Å². The minimum absolute atomic E-state index is 0.135. The van der Waals surface area contributed by atoms with E-state index in [2.05, 4.69) is 36.1 Å². The number of hydrogen-bond acceptors (Lipinski definition) is 4. The second-order valence-corrected chi connectivity index (χ2v) is 5.51. The molecule has 18 heavy (non-hydrogen) atoms. The summed E-state index contributed by atoms with van der Waals surface area (Å²) in [5.41, 5.74) is 1.98. The molecule has 0 radical (unpaired) electrons. The molecule has 4 heteroatoms. The van der Waals surface area contributed by atoms with E-state index in [0.29, 0.717) is 18.0 Å². The summed E-state index contributed by atoms with van der Waals surface area (Å²) in [7, 11) is 0. The molecular weight excluding hydrogens is 226 g/mol. The van der Waals surface area contributed by atoms with E-state index in [-0.39, 0.29) is 6.10 Å². The summed E-state index contributed by atoms with van der Waals surface area (Å²) in [6.07, 6.45) is 2.71. The maximum Gasteiger partial charge on any atom is 0.317 e. The van der Waals surface area contributed by atoms with Gasteiger partial charge >= 0.3 is 6.01 Å². The summed E-state index contributed by atoms with van der Waals surface area (Å²) in [6, 6.07) is 3.21. The molecule has 0 bridgehead atoms. The van der Waals surface area contributed by atoms with E-state index in [1.807, 2.05) is 13.0 Å². The molecule has 2 rings (SSSR count). The van der Waals surface area contributed by atoms with Crippen molar-refractivity contribution in [1.29, 1.82) is 0 Å². The first-order valence-corrected chi connectivity index (χ1v) is 6.79. The van der Waals surface area contributed by atoms with Gasteiger partial charge in [-0.3, -0.25) is 0 Å².